The number of carbonyl (C=O) groups is 1. The van der Waals surface area contributed by atoms with Crippen LogP contribution in [0.25, 0.3) is 44.8 Å². The lowest BCUT2D eigenvalue weighted by Crippen LogP contribution is -2.46. The summed E-state index contributed by atoms with van der Waals surface area (Å²) < 4.78 is 166. The molecule has 0 unspecified atom stereocenters. The van der Waals surface area contributed by atoms with Crippen molar-refractivity contribution in [3.63, 3.8) is 0 Å². The molecule has 4 aliphatic rings. The van der Waals surface area contributed by atoms with Crippen LogP contribution in [0, 0.1) is 45.2 Å². The molecule has 0 aliphatic carbocycles. The molecule has 2 aromatic heterocycles. The van der Waals surface area contributed by atoms with Crippen LogP contribution >= 0.6 is 54.3 Å². The number of aromatic nitrogens is 2. The number of piperazine rings is 2. The van der Waals surface area contributed by atoms with Gasteiger partial charge >= 0.3 is 13.6 Å². The Hall–Kier alpha value is -10.4. The van der Waals surface area contributed by atoms with Crippen LogP contribution in [-0.2, 0) is 53.8 Å². The van der Waals surface area contributed by atoms with Gasteiger partial charge in [-0.3, -0.25) is 18.8 Å². The first-order chi connectivity index (χ1) is 69.5. The standard InChI is InChI=1S/C56H67ClFN6O9PS3.C53H62ClFN6O5S3/c1-38(2)64-40(4)55(76(5,69)70)53(54(64)41-11-13-44(57)14-12-41)43-34-45(58)36-49(35-43)63-29-27-62(28-30-63)48-17-15-46(16-18-48)60-77(71,72)51-19-20-52(39(3)33-51)59-47(37-75-50-9-7-6-8-10-50)23-26-61-24-21-42(22-25-61)56(65)73-31-32-74(66,67)68;1-36(2)61-38(4)53(68(5,63)64)51(52(61)39-11-13-41(54)14-12-39)40-32-42(55)34-46(33-40)60-29-27-59(28-30-60)45-17-15-43(16-18-45)57-69(65,66)49-19-20-50(37(3)31-49)56-44(35-67-48-9-7-6-8-10-48)21-24-58-25-22-47(62)23-26-58/h6-20,33-36,38,42,47,59-60H,21-32,37H2,1-5H3,(H2,66,67,68);6-20,31-34,36,44,47,56-57,62H,21-30,35H2,1-5H3/t47-;44-/m11/s1. The topological polar surface area (TPSA) is 318 Å². The number of anilines is 8. The van der Waals surface area contributed by atoms with Crippen molar-refractivity contribution in [2.45, 2.75) is 154 Å². The highest BCUT2D eigenvalue weighted by atomic mass is 35.5. The van der Waals surface area contributed by atoms with Crippen molar-refractivity contribution in [1.82, 2.24) is 18.9 Å². The number of ether oxygens (including phenoxy) is 1. The third kappa shape index (κ3) is 28.2. The van der Waals surface area contributed by atoms with E-state index in [4.69, 9.17) is 37.7 Å². The molecule has 146 heavy (non-hydrogen) atoms. The van der Waals surface area contributed by atoms with Crippen LogP contribution in [0.1, 0.15) is 101 Å². The Morgan fingerprint density at radius 2 is 0.808 bits per heavy atom. The molecule has 0 radical (unpaired) electrons. The number of nitrogens with zero attached hydrogens (tertiary/aromatic N) is 8. The van der Waals surface area contributed by atoms with Gasteiger partial charge in [0.05, 0.1) is 49.2 Å². The van der Waals surface area contributed by atoms with Crippen molar-refractivity contribution >= 4 is 146 Å². The smallest absolute Gasteiger partial charge is 0.328 e. The second-order valence-corrected chi connectivity index (χ2v) is 50.7. The molecular formula is C109H129Cl2F2N12O14PS6. The van der Waals surface area contributed by atoms with Gasteiger partial charge in [-0.25, -0.2) is 42.5 Å². The summed E-state index contributed by atoms with van der Waals surface area (Å²) in [6.45, 7) is 24.6. The van der Waals surface area contributed by atoms with E-state index in [2.05, 4.69) is 73.7 Å². The summed E-state index contributed by atoms with van der Waals surface area (Å²) in [7, 11) is -19.6. The molecule has 4 aliphatic heterocycles. The van der Waals surface area contributed by atoms with E-state index in [1.165, 1.54) is 41.7 Å². The minimum absolute atomic E-state index is 0.0236. The first-order valence-corrected chi connectivity index (χ1v) is 60.5. The zero-order chi connectivity index (χ0) is 104. The van der Waals surface area contributed by atoms with Crippen molar-refractivity contribution in [3.8, 4) is 44.8 Å². The highest BCUT2D eigenvalue weighted by molar-refractivity contribution is 7.99. The van der Waals surface area contributed by atoms with Gasteiger partial charge in [0.25, 0.3) is 20.0 Å². The molecule has 12 aromatic rings. The van der Waals surface area contributed by atoms with Crippen LogP contribution in [-0.4, -0.2) is 220 Å². The Morgan fingerprint density at radius 3 is 1.15 bits per heavy atom. The highest BCUT2D eigenvalue weighted by Crippen LogP contribution is 2.48. The Labute approximate surface area is 876 Å². The van der Waals surface area contributed by atoms with E-state index in [9.17, 15) is 48.1 Å². The van der Waals surface area contributed by atoms with Gasteiger partial charge in [0.2, 0.25) is 0 Å². The van der Waals surface area contributed by atoms with E-state index in [0.29, 0.717) is 156 Å². The number of hydrogen-bond acceptors (Lipinski definition) is 22. The number of sulfonamides is 2. The summed E-state index contributed by atoms with van der Waals surface area (Å²) in [4.78, 5) is 47.0. The molecule has 4 fully saturated rings. The summed E-state index contributed by atoms with van der Waals surface area (Å²) in [5, 5.41) is 18.5. The molecule has 16 rings (SSSR count). The van der Waals surface area contributed by atoms with Gasteiger partial charge in [-0.1, -0.05) is 83.9 Å². The van der Waals surface area contributed by atoms with E-state index >= 15 is 8.78 Å². The molecule has 0 amide bonds. The van der Waals surface area contributed by atoms with Gasteiger partial charge in [0.1, 0.15) is 18.2 Å². The van der Waals surface area contributed by atoms with E-state index in [1.807, 2.05) is 154 Å². The molecule has 0 spiro atoms. The average molecular weight is 2160 g/mol. The predicted molar refractivity (Wildman–Crippen MR) is 590 cm³/mol. The molecule has 26 nitrogen and oxygen atoms in total. The van der Waals surface area contributed by atoms with Crippen molar-refractivity contribution in [3.05, 3.63) is 275 Å². The van der Waals surface area contributed by atoms with Crippen molar-refractivity contribution < 1.29 is 71.4 Å². The molecule has 0 bridgehead atoms. The van der Waals surface area contributed by atoms with Crippen molar-refractivity contribution in [2.75, 3.05) is 168 Å². The minimum atomic E-state index is -4.24. The van der Waals surface area contributed by atoms with Gasteiger partial charge < -0.3 is 68.8 Å². The van der Waals surface area contributed by atoms with Crippen molar-refractivity contribution in [2.24, 2.45) is 5.92 Å². The van der Waals surface area contributed by atoms with Crippen molar-refractivity contribution in [1.29, 1.82) is 0 Å². The van der Waals surface area contributed by atoms with Crippen LogP contribution in [0.4, 0.5) is 54.3 Å². The third-order valence-electron chi connectivity index (χ3n) is 27.2. The predicted octanol–water partition coefficient (Wildman–Crippen LogP) is 21.5. The van der Waals surface area contributed by atoms with E-state index in [-0.39, 0.29) is 62.4 Å². The number of aliphatic hydroxyl groups excluding tert-OH is 1. The third-order valence-corrected chi connectivity index (χ3v) is 36.1. The number of piperidine rings is 2. The summed E-state index contributed by atoms with van der Waals surface area (Å²) >= 11 is 16.1. The maximum atomic E-state index is 15.8. The first kappa shape index (κ1) is 110. The van der Waals surface area contributed by atoms with Crippen LogP contribution in [0.15, 0.2) is 260 Å². The van der Waals surface area contributed by atoms with E-state index in [0.717, 1.165) is 113 Å². The Morgan fingerprint density at radius 1 is 0.452 bits per heavy atom. The number of nitrogens with one attached hydrogen (secondary N) is 4. The van der Waals surface area contributed by atoms with Gasteiger partial charge in [0, 0.05) is 215 Å². The average Bonchev–Trinajstić information content (AvgIpc) is 1.58. The number of aryl methyl sites for hydroxylation is 2. The number of halogens is 4. The molecule has 7 N–H and O–H groups in total. The number of likely N-dealkylation sites (tertiary alicyclic amines) is 2. The monoisotopic (exact) mass is 2160 g/mol. The Balaban J connectivity index is 0.000000220. The normalized spacial score (nSPS) is 15.6. The second-order valence-electron chi connectivity index (χ2n) is 38.6. The highest BCUT2D eigenvalue weighted by Gasteiger charge is 2.36. The lowest BCUT2D eigenvalue weighted by atomic mass is 9.97. The van der Waals surface area contributed by atoms with Crippen LogP contribution < -0.4 is 39.7 Å². The zero-order valence-corrected chi connectivity index (χ0v) is 91.0. The number of rotatable bonds is 38. The quantitative estimate of drug-likeness (QED) is 0.0107. The number of esters is 1. The summed E-state index contributed by atoms with van der Waals surface area (Å²) in [5.41, 5.74) is 13.2. The molecule has 778 valence electrons. The summed E-state index contributed by atoms with van der Waals surface area (Å²) in [6, 6.07) is 69.3. The first-order valence-electron chi connectivity index (χ1n) is 49.2. The lowest BCUT2D eigenvalue weighted by Gasteiger charge is -2.37. The Bertz CT molecular complexity index is 7120. The number of sulfone groups is 2. The van der Waals surface area contributed by atoms with E-state index < -0.39 is 71.1 Å². The zero-order valence-electron chi connectivity index (χ0n) is 83.7. The number of hydrogen-bond donors (Lipinski definition) is 7. The van der Waals surface area contributed by atoms with E-state index in [1.54, 1.807) is 116 Å². The van der Waals surface area contributed by atoms with Crippen LogP contribution in [0.5, 0.6) is 0 Å². The number of benzene rings is 10. The molecular weight excluding hydrogens is 2030 g/mol. The fourth-order valence-electron chi connectivity index (χ4n) is 19.8. The fraction of sp³-hybridized carbons (Fsp3) is 0.367. The molecule has 6 heterocycles. The van der Waals surface area contributed by atoms with Gasteiger partial charge in [-0.15, -0.1) is 23.5 Å². The fourth-order valence-corrected chi connectivity index (χ4v) is 27.1. The molecule has 0 saturated carbocycles. The number of thioether (sulfide) groups is 2. The lowest BCUT2D eigenvalue weighted by molar-refractivity contribution is -0.149. The maximum Gasteiger partial charge on any atom is 0.328 e. The van der Waals surface area contributed by atoms with Crippen LogP contribution in [0.3, 0.4) is 0 Å². The van der Waals surface area contributed by atoms with Gasteiger partial charge in [-0.05, 0) is 310 Å². The molecule has 4 saturated heterocycles. The number of carbonyl (C=O) groups excluding carboxylic acids is 1. The number of aliphatic hydroxyl groups is 1. The van der Waals surface area contributed by atoms with Gasteiger partial charge in [0.15, 0.2) is 19.7 Å². The maximum absolute atomic E-state index is 15.8. The SMILES string of the molecule is Cc1cc(S(=O)(=O)Nc2ccc(N3CCN(c4cc(F)cc(-c5c(S(C)(=O)=O)c(C)n(C(C)C)c5-c5ccc(Cl)cc5)c4)CC3)cc2)ccc1N[C@H](CCN1CCC(C(=O)OCCP(=O)(O)O)CC1)CSc1ccccc1.Cc1cc(S(=O)(=O)Nc2ccc(N3CCN(c4cc(F)cc(-c5c(S(C)(=O)=O)c(C)n(C(C)C)c5-c5ccc(Cl)cc5)c4)CC3)cc2)ccc1N[C@H](CCN1CCC(O)CC1)CSc1ccccc1. The van der Waals surface area contributed by atoms with Crippen LogP contribution in [0.2, 0.25) is 10.0 Å². The summed E-state index contributed by atoms with van der Waals surface area (Å²) in [5.74, 6) is -0.0756. The molecule has 2 atom stereocenters. The largest absolute Gasteiger partial charge is 0.465 e. The van der Waals surface area contributed by atoms with Gasteiger partial charge in [-0.2, -0.15) is 0 Å². The molecule has 37 heteroatoms. The molecule has 10 aromatic carbocycles. The minimum Gasteiger partial charge on any atom is -0.465 e. The second kappa shape index (κ2) is 48.1. The Kier molecular flexibility index (Phi) is 36.1. The summed E-state index contributed by atoms with van der Waals surface area (Å²) in [6.07, 6.45) is 6.17.